The highest BCUT2D eigenvalue weighted by molar-refractivity contribution is 7.22. The molecule has 3 aromatic heterocycles. The van der Waals surface area contributed by atoms with Crippen molar-refractivity contribution in [2.45, 2.75) is 13.8 Å². The average Bonchev–Trinajstić information content (AvgIpc) is 3.39. The Morgan fingerprint density at radius 1 is 1.19 bits per heavy atom. The molecule has 2 N–H and O–H groups in total. The summed E-state index contributed by atoms with van der Waals surface area (Å²) in [5.41, 5.74) is 8.25. The summed E-state index contributed by atoms with van der Waals surface area (Å²) in [7, 11) is 0. The number of thiophene rings is 1. The minimum Gasteiger partial charge on any atom is -0.378 e. The molecule has 0 atom stereocenters. The van der Waals surface area contributed by atoms with E-state index in [4.69, 9.17) is 14.7 Å². The first-order valence-electron chi connectivity index (χ1n) is 10.2. The summed E-state index contributed by atoms with van der Waals surface area (Å²) in [6, 6.07) is 10.3. The molecule has 1 fully saturated rings. The quantitative estimate of drug-likeness (QED) is 0.365. The fraction of sp³-hybridized carbons (Fsp3) is 0.273. The topological polar surface area (TPSA) is 91.3 Å². The maximum absolute atomic E-state index is 5.53. The molecule has 0 spiro atoms. The average molecular weight is 434 g/mol. The molecule has 0 aliphatic carbocycles. The normalized spacial score (nSPS) is 14.6. The lowest BCUT2D eigenvalue weighted by atomic mass is 10.2. The summed E-state index contributed by atoms with van der Waals surface area (Å²) in [5, 5.41) is 11.5. The maximum Gasteiger partial charge on any atom is 0.246 e. The summed E-state index contributed by atoms with van der Waals surface area (Å²) >= 11 is 1.69. The van der Waals surface area contributed by atoms with E-state index >= 15 is 0 Å². The van der Waals surface area contributed by atoms with E-state index in [-0.39, 0.29) is 0 Å². The molecule has 1 saturated heterocycles. The van der Waals surface area contributed by atoms with Crippen LogP contribution in [0.15, 0.2) is 41.6 Å². The first-order valence-corrected chi connectivity index (χ1v) is 11.0. The Hall–Kier alpha value is -3.30. The molecule has 9 heteroatoms. The van der Waals surface area contributed by atoms with Gasteiger partial charge in [0.1, 0.15) is 0 Å². The summed E-state index contributed by atoms with van der Waals surface area (Å²) in [4.78, 5) is 12.9. The number of aromatic nitrogens is 4. The molecule has 0 radical (unpaired) electrons. The number of hydrogen-bond acceptors (Lipinski definition) is 8. The number of aromatic amines is 1. The summed E-state index contributed by atoms with van der Waals surface area (Å²) in [6.07, 6.45) is 3.63. The number of anilines is 2. The van der Waals surface area contributed by atoms with Crippen molar-refractivity contribution in [2.24, 2.45) is 5.10 Å². The van der Waals surface area contributed by atoms with Crippen LogP contribution in [-0.4, -0.2) is 52.7 Å². The van der Waals surface area contributed by atoms with Gasteiger partial charge in [0.2, 0.25) is 5.95 Å². The van der Waals surface area contributed by atoms with E-state index in [1.54, 1.807) is 17.6 Å². The molecule has 8 nitrogen and oxygen atoms in total. The first-order chi connectivity index (χ1) is 15.2. The third-order valence-corrected chi connectivity index (χ3v) is 6.33. The minimum absolute atomic E-state index is 0.478. The van der Waals surface area contributed by atoms with Gasteiger partial charge in [0, 0.05) is 29.2 Å². The molecule has 1 aromatic carbocycles. The van der Waals surface area contributed by atoms with Crippen molar-refractivity contribution in [3.05, 3.63) is 53.3 Å². The Morgan fingerprint density at radius 2 is 2.06 bits per heavy atom. The Bertz CT molecular complexity index is 1240. The smallest absolute Gasteiger partial charge is 0.246 e. The van der Waals surface area contributed by atoms with Crippen LogP contribution in [0.25, 0.3) is 20.7 Å². The second-order valence-corrected chi connectivity index (χ2v) is 8.54. The van der Waals surface area contributed by atoms with Crippen LogP contribution in [0.2, 0.25) is 0 Å². The maximum atomic E-state index is 5.53. The molecule has 0 amide bonds. The standard InChI is InChI=1S/C22H23N7OS/c1-14-4-3-5-16(10-14)12-23-28-22-25-18-11-19(17-13-24-27-15(17)2)31-20(18)21(26-22)29-6-8-30-9-7-29/h3-5,10-13H,6-9H2,1-2H3,(H,24,27)(H,25,26,28)/b23-12+. The molecule has 158 valence electrons. The molecule has 1 aliphatic rings. The summed E-state index contributed by atoms with van der Waals surface area (Å²) < 4.78 is 6.59. The highest BCUT2D eigenvalue weighted by Crippen LogP contribution is 2.38. The van der Waals surface area contributed by atoms with Gasteiger partial charge in [-0.15, -0.1) is 11.3 Å². The predicted molar refractivity (Wildman–Crippen MR) is 125 cm³/mol. The van der Waals surface area contributed by atoms with Crippen LogP contribution in [0, 0.1) is 13.8 Å². The van der Waals surface area contributed by atoms with Crippen LogP contribution in [0.4, 0.5) is 11.8 Å². The van der Waals surface area contributed by atoms with Gasteiger partial charge in [0.25, 0.3) is 0 Å². The largest absolute Gasteiger partial charge is 0.378 e. The number of morpholine rings is 1. The van der Waals surface area contributed by atoms with E-state index < -0.39 is 0 Å². The number of fused-ring (bicyclic) bond motifs is 1. The van der Waals surface area contributed by atoms with Gasteiger partial charge in [-0.2, -0.15) is 15.2 Å². The molecule has 31 heavy (non-hydrogen) atoms. The van der Waals surface area contributed by atoms with Gasteiger partial charge >= 0.3 is 0 Å². The van der Waals surface area contributed by atoms with Crippen molar-refractivity contribution < 1.29 is 4.74 Å². The lowest BCUT2D eigenvalue weighted by molar-refractivity contribution is 0.122. The van der Waals surface area contributed by atoms with Crippen molar-refractivity contribution in [1.82, 2.24) is 20.2 Å². The van der Waals surface area contributed by atoms with Gasteiger partial charge in [-0.3, -0.25) is 5.10 Å². The zero-order chi connectivity index (χ0) is 21.2. The van der Waals surface area contributed by atoms with E-state index in [2.05, 4.69) is 50.7 Å². The molecule has 4 aromatic rings. The van der Waals surface area contributed by atoms with E-state index in [1.807, 2.05) is 25.3 Å². The number of nitrogens with zero attached hydrogens (tertiary/aromatic N) is 5. The second-order valence-electron chi connectivity index (χ2n) is 7.49. The molecule has 0 saturated carbocycles. The minimum atomic E-state index is 0.478. The van der Waals surface area contributed by atoms with Gasteiger partial charge in [-0.25, -0.2) is 10.4 Å². The Kier molecular flexibility index (Phi) is 5.35. The van der Waals surface area contributed by atoms with Crippen molar-refractivity contribution in [2.75, 3.05) is 36.6 Å². The second kappa shape index (κ2) is 8.44. The summed E-state index contributed by atoms with van der Waals surface area (Å²) in [5.74, 6) is 1.39. The van der Waals surface area contributed by atoms with Crippen LogP contribution in [-0.2, 0) is 4.74 Å². The number of H-pyrrole nitrogens is 1. The SMILES string of the molecule is Cc1cccc(/C=N/Nc2nc(N3CCOCC3)c3sc(-c4cn[nH]c4C)cc3n2)c1. The van der Waals surface area contributed by atoms with Crippen LogP contribution in [0.3, 0.4) is 0 Å². The van der Waals surface area contributed by atoms with Crippen LogP contribution >= 0.6 is 11.3 Å². The number of hydrogen-bond donors (Lipinski definition) is 2. The fourth-order valence-electron chi connectivity index (χ4n) is 3.60. The number of hydrazone groups is 1. The molecule has 0 unspecified atom stereocenters. The molecule has 1 aliphatic heterocycles. The fourth-order valence-corrected chi connectivity index (χ4v) is 4.78. The zero-order valence-corrected chi connectivity index (χ0v) is 18.2. The van der Waals surface area contributed by atoms with Crippen LogP contribution in [0.5, 0.6) is 0 Å². The van der Waals surface area contributed by atoms with Gasteiger partial charge in [-0.1, -0.05) is 29.8 Å². The molecular weight excluding hydrogens is 410 g/mol. The number of benzene rings is 1. The lowest BCUT2D eigenvalue weighted by Gasteiger charge is -2.28. The lowest BCUT2D eigenvalue weighted by Crippen LogP contribution is -2.36. The van der Waals surface area contributed by atoms with Crippen molar-refractivity contribution in [1.29, 1.82) is 0 Å². The predicted octanol–water partition coefficient (Wildman–Crippen LogP) is 3.98. The molecular formula is C22H23N7OS. The van der Waals surface area contributed by atoms with Crippen LogP contribution < -0.4 is 10.3 Å². The number of nitrogens with one attached hydrogen (secondary N) is 2. The van der Waals surface area contributed by atoms with E-state index in [9.17, 15) is 0 Å². The van der Waals surface area contributed by atoms with Crippen molar-refractivity contribution in [3.63, 3.8) is 0 Å². The third-order valence-electron chi connectivity index (χ3n) is 5.18. The number of ether oxygens (including phenoxy) is 1. The summed E-state index contributed by atoms with van der Waals surface area (Å²) in [6.45, 7) is 7.07. The third kappa shape index (κ3) is 4.14. The monoisotopic (exact) mass is 433 g/mol. The van der Waals surface area contributed by atoms with Gasteiger partial charge < -0.3 is 9.64 Å². The van der Waals surface area contributed by atoms with Gasteiger partial charge in [0.15, 0.2) is 5.82 Å². The Labute approximate surface area is 184 Å². The first kappa shape index (κ1) is 19.7. The van der Waals surface area contributed by atoms with Crippen molar-refractivity contribution >= 4 is 39.5 Å². The highest BCUT2D eigenvalue weighted by atomic mass is 32.1. The zero-order valence-electron chi connectivity index (χ0n) is 17.4. The molecule has 5 rings (SSSR count). The van der Waals surface area contributed by atoms with Crippen molar-refractivity contribution in [3.8, 4) is 10.4 Å². The van der Waals surface area contributed by atoms with E-state index in [1.165, 1.54) is 5.56 Å². The molecule has 4 heterocycles. The number of aryl methyl sites for hydroxylation is 2. The Morgan fingerprint density at radius 3 is 2.84 bits per heavy atom. The van der Waals surface area contributed by atoms with E-state index in [0.717, 1.165) is 50.8 Å². The van der Waals surface area contributed by atoms with Gasteiger partial charge in [-0.05, 0) is 25.5 Å². The highest BCUT2D eigenvalue weighted by Gasteiger charge is 2.20. The van der Waals surface area contributed by atoms with Crippen LogP contribution in [0.1, 0.15) is 16.8 Å². The Balaban J connectivity index is 1.51. The van der Waals surface area contributed by atoms with E-state index in [0.29, 0.717) is 19.2 Å². The van der Waals surface area contributed by atoms with Gasteiger partial charge in [0.05, 0.1) is 35.8 Å². The number of rotatable bonds is 5. The molecule has 0 bridgehead atoms.